The first-order chi connectivity index (χ1) is 13.6. The van der Waals surface area contributed by atoms with E-state index in [-0.39, 0.29) is 51.2 Å². The highest BCUT2D eigenvalue weighted by atomic mass is 19.4. The summed E-state index contributed by atoms with van der Waals surface area (Å²) < 4.78 is 48.7. The first kappa shape index (κ1) is 21.1. The molecule has 158 valence electrons. The van der Waals surface area contributed by atoms with Crippen molar-refractivity contribution in [2.75, 3.05) is 19.7 Å². The zero-order valence-corrected chi connectivity index (χ0v) is 16.0. The van der Waals surface area contributed by atoms with Crippen LogP contribution in [0.4, 0.5) is 13.2 Å². The van der Waals surface area contributed by atoms with Crippen molar-refractivity contribution in [1.82, 2.24) is 4.90 Å². The number of piperidine rings is 1. The molecule has 1 aromatic carbocycles. The molecule has 9 heteroatoms. The quantitative estimate of drug-likeness (QED) is 0.548. The summed E-state index contributed by atoms with van der Waals surface area (Å²) in [5.74, 6) is -1.84. The second-order valence-corrected chi connectivity index (χ2v) is 7.30. The monoisotopic (exact) mass is 413 g/mol. The van der Waals surface area contributed by atoms with E-state index in [9.17, 15) is 27.6 Å². The molecule has 1 amide bonds. The summed E-state index contributed by atoms with van der Waals surface area (Å²) in [4.78, 5) is 36.0. The van der Waals surface area contributed by atoms with E-state index in [0.717, 1.165) is 10.5 Å². The molecule has 2 heterocycles. The highest BCUT2D eigenvalue weighted by Crippen LogP contribution is 2.42. The number of fused-ring (bicyclic) bond motifs is 1. The third kappa shape index (κ3) is 4.71. The van der Waals surface area contributed by atoms with E-state index < -0.39 is 23.7 Å². The van der Waals surface area contributed by atoms with E-state index in [1.807, 2.05) is 0 Å². The summed E-state index contributed by atoms with van der Waals surface area (Å²) in [6, 6.07) is 5.01. The second kappa shape index (κ2) is 8.04. The molecule has 1 aromatic rings. The maximum absolute atomic E-state index is 12.6. The van der Waals surface area contributed by atoms with Crippen LogP contribution in [0.1, 0.15) is 48.5 Å². The maximum Gasteiger partial charge on any atom is 0.471 e. The Bertz CT molecular complexity index is 813. The van der Waals surface area contributed by atoms with Crippen LogP contribution in [0.25, 0.3) is 0 Å². The lowest BCUT2D eigenvalue weighted by molar-refractivity contribution is -0.188. The van der Waals surface area contributed by atoms with Gasteiger partial charge in [-0.15, -0.1) is 0 Å². The molecular formula is C20H22F3NO5. The summed E-state index contributed by atoms with van der Waals surface area (Å²) in [6.07, 6.45) is -3.78. The van der Waals surface area contributed by atoms with Crippen molar-refractivity contribution in [3.63, 3.8) is 0 Å². The number of nitrogens with zero attached hydrogens (tertiary/aromatic N) is 1. The fourth-order valence-corrected chi connectivity index (χ4v) is 3.78. The highest BCUT2D eigenvalue weighted by Gasteiger charge is 2.48. The largest absolute Gasteiger partial charge is 0.487 e. The molecule has 6 nitrogen and oxygen atoms in total. The van der Waals surface area contributed by atoms with Crippen molar-refractivity contribution < 1.29 is 37.0 Å². The topological polar surface area (TPSA) is 72.9 Å². The number of amides is 1. The number of hydrogen-bond donors (Lipinski definition) is 0. The van der Waals surface area contributed by atoms with E-state index >= 15 is 0 Å². The lowest BCUT2D eigenvalue weighted by Crippen LogP contribution is -2.52. The average molecular weight is 413 g/mol. The predicted molar refractivity (Wildman–Crippen MR) is 95.6 cm³/mol. The number of rotatable bonds is 5. The molecule has 0 aliphatic carbocycles. The van der Waals surface area contributed by atoms with Gasteiger partial charge in [-0.1, -0.05) is 0 Å². The van der Waals surface area contributed by atoms with Crippen LogP contribution in [0.15, 0.2) is 18.2 Å². The van der Waals surface area contributed by atoms with E-state index in [0.29, 0.717) is 17.7 Å². The predicted octanol–water partition coefficient (Wildman–Crippen LogP) is 3.07. The molecule has 0 bridgehead atoms. The minimum Gasteiger partial charge on any atom is -0.487 e. The average Bonchev–Trinajstić information content (AvgIpc) is 3.02. The van der Waals surface area contributed by atoms with Crippen molar-refractivity contribution in [3.8, 4) is 5.75 Å². The molecule has 1 saturated heterocycles. The Morgan fingerprint density at radius 3 is 2.48 bits per heavy atom. The number of hydrogen-bond acceptors (Lipinski definition) is 5. The number of alkyl halides is 3. The Morgan fingerprint density at radius 1 is 1.17 bits per heavy atom. The van der Waals surface area contributed by atoms with Crippen LogP contribution in [0.2, 0.25) is 0 Å². The van der Waals surface area contributed by atoms with Gasteiger partial charge in [0, 0.05) is 44.3 Å². The minimum atomic E-state index is -4.87. The van der Waals surface area contributed by atoms with Gasteiger partial charge in [0.15, 0.2) is 5.78 Å². The number of carbonyl (C=O) groups is 3. The summed E-state index contributed by atoms with van der Waals surface area (Å²) in [5.41, 5.74) is 0.609. The Kier molecular flexibility index (Phi) is 5.86. The van der Waals surface area contributed by atoms with Gasteiger partial charge >= 0.3 is 18.1 Å². The van der Waals surface area contributed by atoms with Crippen molar-refractivity contribution >= 4 is 17.7 Å². The lowest BCUT2D eigenvalue weighted by Gasteiger charge is -2.38. The second-order valence-electron chi connectivity index (χ2n) is 7.30. The van der Waals surface area contributed by atoms with Crippen LogP contribution in [0, 0.1) is 0 Å². The smallest absolute Gasteiger partial charge is 0.471 e. The standard InChI is InChI=1S/C20H22F3NO5/c1-2-28-17(26)6-4-15(25)13-3-5-16-14(11-13)12-19(29-16)7-9-24(10-8-19)18(27)20(21,22)23/h3,5,11H,2,4,6-10,12H2,1H3. The van der Waals surface area contributed by atoms with Crippen molar-refractivity contribution in [3.05, 3.63) is 29.3 Å². The fraction of sp³-hybridized carbons (Fsp3) is 0.550. The van der Waals surface area contributed by atoms with Gasteiger partial charge in [0.1, 0.15) is 11.4 Å². The number of likely N-dealkylation sites (tertiary alicyclic amines) is 1. The van der Waals surface area contributed by atoms with Gasteiger partial charge in [0.2, 0.25) is 0 Å². The van der Waals surface area contributed by atoms with Gasteiger partial charge in [-0.2, -0.15) is 13.2 Å². The molecule has 0 atom stereocenters. The number of Topliss-reactive ketones (excluding diaryl/α,β-unsaturated/α-hetero) is 1. The van der Waals surface area contributed by atoms with E-state index in [1.165, 1.54) is 0 Å². The van der Waals surface area contributed by atoms with Crippen LogP contribution in [-0.2, 0) is 20.7 Å². The van der Waals surface area contributed by atoms with Crippen LogP contribution in [0.3, 0.4) is 0 Å². The van der Waals surface area contributed by atoms with E-state index in [2.05, 4.69) is 0 Å². The number of ether oxygens (including phenoxy) is 2. The number of esters is 1. The zero-order valence-electron chi connectivity index (χ0n) is 16.0. The maximum atomic E-state index is 12.6. The van der Waals surface area contributed by atoms with Crippen molar-refractivity contribution in [2.45, 2.75) is 50.8 Å². The first-order valence-corrected chi connectivity index (χ1v) is 9.50. The molecule has 1 fully saturated rings. The van der Waals surface area contributed by atoms with E-state index in [4.69, 9.17) is 9.47 Å². The van der Waals surface area contributed by atoms with E-state index in [1.54, 1.807) is 25.1 Å². The molecule has 0 unspecified atom stereocenters. The van der Waals surface area contributed by atoms with Gasteiger partial charge in [-0.05, 0) is 30.7 Å². The van der Waals surface area contributed by atoms with Gasteiger partial charge < -0.3 is 14.4 Å². The normalized spacial score (nSPS) is 17.6. The zero-order chi connectivity index (χ0) is 21.2. The van der Waals surface area contributed by atoms with Gasteiger partial charge in [0.05, 0.1) is 13.0 Å². The van der Waals surface area contributed by atoms with Crippen LogP contribution >= 0.6 is 0 Å². The third-order valence-electron chi connectivity index (χ3n) is 5.29. The molecule has 2 aliphatic rings. The Morgan fingerprint density at radius 2 is 1.86 bits per heavy atom. The molecule has 0 N–H and O–H groups in total. The van der Waals surface area contributed by atoms with Gasteiger partial charge in [-0.3, -0.25) is 14.4 Å². The molecule has 0 aromatic heterocycles. The fourth-order valence-electron chi connectivity index (χ4n) is 3.78. The summed E-state index contributed by atoms with van der Waals surface area (Å²) in [6.45, 7) is 1.90. The number of carbonyl (C=O) groups excluding carboxylic acids is 3. The molecule has 3 rings (SSSR count). The van der Waals surface area contributed by atoms with Crippen molar-refractivity contribution in [2.24, 2.45) is 0 Å². The molecule has 29 heavy (non-hydrogen) atoms. The number of ketones is 1. The first-order valence-electron chi connectivity index (χ1n) is 9.50. The molecule has 1 spiro atoms. The van der Waals surface area contributed by atoms with Gasteiger partial charge in [-0.25, -0.2) is 0 Å². The Hall–Kier alpha value is -2.58. The Balaban J connectivity index is 1.61. The SMILES string of the molecule is CCOC(=O)CCC(=O)c1ccc2c(c1)CC1(CCN(C(=O)C(F)(F)F)CC1)O2. The summed E-state index contributed by atoms with van der Waals surface area (Å²) in [7, 11) is 0. The highest BCUT2D eigenvalue weighted by molar-refractivity contribution is 5.98. The number of halogens is 3. The minimum absolute atomic E-state index is 0.00721. The van der Waals surface area contributed by atoms with Gasteiger partial charge in [0.25, 0.3) is 0 Å². The molecule has 2 aliphatic heterocycles. The summed E-state index contributed by atoms with van der Waals surface area (Å²) in [5, 5.41) is 0. The van der Waals surface area contributed by atoms with Crippen LogP contribution in [0.5, 0.6) is 5.75 Å². The van der Waals surface area contributed by atoms with Crippen LogP contribution < -0.4 is 4.74 Å². The molecular weight excluding hydrogens is 391 g/mol. The molecule has 0 radical (unpaired) electrons. The summed E-state index contributed by atoms with van der Waals surface area (Å²) >= 11 is 0. The third-order valence-corrected chi connectivity index (χ3v) is 5.29. The Labute approximate surface area is 165 Å². The van der Waals surface area contributed by atoms with Crippen LogP contribution in [-0.4, -0.2) is 54.0 Å². The molecule has 0 saturated carbocycles. The lowest BCUT2D eigenvalue weighted by atomic mass is 9.86. The van der Waals surface area contributed by atoms with Crippen molar-refractivity contribution in [1.29, 1.82) is 0 Å². The number of benzene rings is 1.